The smallest absolute Gasteiger partial charge is 0.410 e. The van der Waals surface area contributed by atoms with E-state index < -0.39 is 33.2 Å². The fraction of sp³-hybridized carbons (Fsp3) is 0.571. The summed E-state index contributed by atoms with van der Waals surface area (Å²) in [5.74, 6) is 1.28. The molecule has 2 saturated heterocycles. The van der Waals surface area contributed by atoms with Crippen molar-refractivity contribution in [1.82, 2.24) is 9.21 Å². The molecule has 1 aromatic heterocycles. The Morgan fingerprint density at radius 2 is 1.89 bits per heavy atom. The fourth-order valence-corrected chi connectivity index (χ4v) is 7.95. The lowest BCUT2D eigenvalue weighted by Crippen LogP contribution is -2.50. The van der Waals surface area contributed by atoms with Gasteiger partial charge in [-0.2, -0.15) is 4.31 Å². The summed E-state index contributed by atoms with van der Waals surface area (Å²) in [4.78, 5) is 26.4. The molecule has 3 aliphatic rings. The monoisotopic (exact) mass is 544 g/mol. The number of fused-ring (bicyclic) bond motifs is 3. The van der Waals surface area contributed by atoms with Crippen LogP contribution in [-0.2, 0) is 30.7 Å². The number of piperidine rings is 1. The Bertz CT molecular complexity index is 1310. The molecule has 10 heteroatoms. The fourth-order valence-electron chi connectivity index (χ4n) is 6.39. The minimum Gasteiger partial charge on any atom is -0.466 e. The zero-order valence-electron chi connectivity index (χ0n) is 22.4. The standard InChI is InChI=1S/C28H36N2O7S/c1-19(31)35-16-8-9-20-17-22-23-12-14-29(38(33,34)21-10-6-5-7-11-21)18-28(23)13-15-30(25(28)24(22)36-20)26(32)37-27(2,3)4/h5-7,10-11,17,23,25H,8-9,12-16,18H2,1-4H3/t23-,25-,28-/m0/s1. The van der Waals surface area contributed by atoms with E-state index in [0.29, 0.717) is 51.9 Å². The number of benzene rings is 1. The summed E-state index contributed by atoms with van der Waals surface area (Å²) >= 11 is 0. The van der Waals surface area contributed by atoms with Gasteiger partial charge >= 0.3 is 12.1 Å². The van der Waals surface area contributed by atoms with Crippen LogP contribution >= 0.6 is 0 Å². The lowest BCUT2D eigenvalue weighted by Gasteiger charge is -2.44. The maximum absolute atomic E-state index is 13.6. The summed E-state index contributed by atoms with van der Waals surface area (Å²) in [6.07, 6.45) is 2.12. The third-order valence-electron chi connectivity index (χ3n) is 7.85. The lowest BCUT2D eigenvalue weighted by atomic mass is 9.69. The summed E-state index contributed by atoms with van der Waals surface area (Å²) in [5.41, 5.74) is -0.0856. The van der Waals surface area contributed by atoms with Crippen molar-refractivity contribution in [2.45, 2.75) is 75.8 Å². The van der Waals surface area contributed by atoms with E-state index in [4.69, 9.17) is 13.9 Å². The molecule has 0 bridgehead atoms. The summed E-state index contributed by atoms with van der Waals surface area (Å²) in [6, 6.07) is 10.2. The molecule has 206 valence electrons. The van der Waals surface area contributed by atoms with Crippen LogP contribution in [0.1, 0.15) is 76.0 Å². The Morgan fingerprint density at radius 3 is 2.58 bits per heavy atom. The molecule has 38 heavy (non-hydrogen) atoms. The van der Waals surface area contributed by atoms with Crippen LogP contribution < -0.4 is 0 Å². The lowest BCUT2D eigenvalue weighted by molar-refractivity contribution is -0.141. The highest BCUT2D eigenvalue weighted by atomic mass is 32.2. The molecule has 1 amide bonds. The number of carbonyl (C=O) groups is 2. The molecule has 3 heterocycles. The van der Waals surface area contributed by atoms with Gasteiger partial charge in [0.15, 0.2) is 0 Å². The van der Waals surface area contributed by atoms with Crippen molar-refractivity contribution in [3.63, 3.8) is 0 Å². The first-order chi connectivity index (χ1) is 17.9. The molecule has 1 aromatic carbocycles. The van der Waals surface area contributed by atoms with Gasteiger partial charge in [0.2, 0.25) is 10.0 Å². The number of hydrogen-bond acceptors (Lipinski definition) is 7. The average molecular weight is 545 g/mol. The highest BCUT2D eigenvalue weighted by Crippen LogP contribution is 2.65. The van der Waals surface area contributed by atoms with E-state index in [1.54, 1.807) is 39.5 Å². The van der Waals surface area contributed by atoms with Gasteiger partial charge in [-0.15, -0.1) is 0 Å². The van der Waals surface area contributed by atoms with Crippen LogP contribution in [0, 0.1) is 5.41 Å². The molecule has 0 unspecified atom stereocenters. The van der Waals surface area contributed by atoms with Crippen LogP contribution in [-0.4, -0.2) is 61.5 Å². The molecular formula is C28H36N2O7S. The second-order valence-corrected chi connectivity index (χ2v) is 13.5. The van der Waals surface area contributed by atoms with Gasteiger partial charge < -0.3 is 13.9 Å². The maximum Gasteiger partial charge on any atom is 0.410 e. The van der Waals surface area contributed by atoms with E-state index in [0.717, 1.165) is 17.1 Å². The third-order valence-corrected chi connectivity index (χ3v) is 9.71. The second-order valence-electron chi connectivity index (χ2n) is 11.5. The molecule has 2 fully saturated rings. The van der Waals surface area contributed by atoms with E-state index in [1.165, 1.54) is 6.92 Å². The number of amides is 1. The van der Waals surface area contributed by atoms with Crippen LogP contribution in [0.3, 0.4) is 0 Å². The number of rotatable bonds is 6. The highest BCUT2D eigenvalue weighted by molar-refractivity contribution is 7.89. The van der Waals surface area contributed by atoms with Gasteiger partial charge in [0.1, 0.15) is 23.2 Å². The molecule has 1 aliphatic carbocycles. The van der Waals surface area contributed by atoms with Gasteiger partial charge in [-0.3, -0.25) is 9.69 Å². The van der Waals surface area contributed by atoms with E-state index in [2.05, 4.69) is 6.07 Å². The molecule has 0 saturated carbocycles. The van der Waals surface area contributed by atoms with Crippen molar-refractivity contribution >= 4 is 22.1 Å². The first-order valence-electron chi connectivity index (χ1n) is 13.2. The van der Waals surface area contributed by atoms with Crippen molar-refractivity contribution in [1.29, 1.82) is 0 Å². The Balaban J connectivity index is 1.47. The van der Waals surface area contributed by atoms with Crippen LogP contribution in [0.15, 0.2) is 45.7 Å². The summed E-state index contributed by atoms with van der Waals surface area (Å²) in [6.45, 7) is 8.38. The minimum absolute atomic E-state index is 0.0723. The number of ether oxygens (including phenoxy) is 2. The van der Waals surface area contributed by atoms with Crippen molar-refractivity contribution in [3.8, 4) is 0 Å². The van der Waals surface area contributed by atoms with E-state index >= 15 is 0 Å². The molecular weight excluding hydrogens is 508 g/mol. The van der Waals surface area contributed by atoms with Gasteiger partial charge in [-0.1, -0.05) is 18.2 Å². The summed E-state index contributed by atoms with van der Waals surface area (Å²) < 4.78 is 46.0. The van der Waals surface area contributed by atoms with Crippen molar-refractivity contribution < 1.29 is 31.9 Å². The Labute approximate surface area is 224 Å². The number of carbonyl (C=O) groups excluding carboxylic acids is 2. The normalized spacial score (nSPS) is 25.0. The highest BCUT2D eigenvalue weighted by Gasteiger charge is 2.64. The van der Waals surface area contributed by atoms with Crippen molar-refractivity contribution in [3.05, 3.63) is 53.5 Å². The molecule has 0 radical (unpaired) electrons. The van der Waals surface area contributed by atoms with E-state index in [-0.39, 0.29) is 16.8 Å². The molecule has 1 spiro atoms. The first kappa shape index (κ1) is 26.7. The van der Waals surface area contributed by atoms with Gasteiger partial charge in [0, 0.05) is 38.4 Å². The van der Waals surface area contributed by atoms with Gasteiger partial charge in [0.05, 0.1) is 11.5 Å². The van der Waals surface area contributed by atoms with E-state index in [1.807, 2.05) is 20.8 Å². The number of hydrogen-bond donors (Lipinski definition) is 0. The summed E-state index contributed by atoms with van der Waals surface area (Å²) in [5, 5.41) is 0. The molecule has 0 N–H and O–H groups in total. The number of sulfonamides is 1. The second kappa shape index (κ2) is 9.72. The van der Waals surface area contributed by atoms with Crippen molar-refractivity contribution in [2.24, 2.45) is 5.41 Å². The quantitative estimate of drug-likeness (QED) is 0.385. The van der Waals surface area contributed by atoms with E-state index in [9.17, 15) is 18.0 Å². The Hall–Kier alpha value is -2.85. The molecule has 2 aromatic rings. The number of aryl methyl sites for hydroxylation is 1. The minimum atomic E-state index is -3.69. The number of furan rings is 1. The molecule has 5 rings (SSSR count). The van der Waals surface area contributed by atoms with Gasteiger partial charge in [-0.05, 0) is 69.7 Å². The summed E-state index contributed by atoms with van der Waals surface area (Å²) in [7, 11) is -3.69. The zero-order chi connectivity index (χ0) is 27.3. The zero-order valence-corrected chi connectivity index (χ0v) is 23.3. The van der Waals surface area contributed by atoms with Crippen LogP contribution in [0.5, 0.6) is 0 Å². The predicted octanol–water partition coefficient (Wildman–Crippen LogP) is 4.64. The first-order valence-corrected chi connectivity index (χ1v) is 14.7. The predicted molar refractivity (Wildman–Crippen MR) is 139 cm³/mol. The Morgan fingerprint density at radius 1 is 1.16 bits per heavy atom. The topological polar surface area (TPSA) is 106 Å². The number of nitrogens with zero attached hydrogens (tertiary/aromatic N) is 2. The number of likely N-dealkylation sites (tertiary alicyclic amines) is 1. The largest absolute Gasteiger partial charge is 0.466 e. The molecule has 2 aliphatic heterocycles. The third kappa shape index (κ3) is 4.73. The van der Waals surface area contributed by atoms with Crippen LogP contribution in [0.4, 0.5) is 4.79 Å². The maximum atomic E-state index is 13.6. The van der Waals surface area contributed by atoms with Gasteiger partial charge in [0.25, 0.3) is 0 Å². The van der Waals surface area contributed by atoms with Gasteiger partial charge in [-0.25, -0.2) is 13.2 Å². The number of esters is 1. The molecule has 3 atom stereocenters. The average Bonchev–Trinajstić information content (AvgIpc) is 3.48. The van der Waals surface area contributed by atoms with Crippen LogP contribution in [0.2, 0.25) is 0 Å². The van der Waals surface area contributed by atoms with Crippen molar-refractivity contribution in [2.75, 3.05) is 26.2 Å². The molecule has 9 nitrogen and oxygen atoms in total. The van der Waals surface area contributed by atoms with Crippen LogP contribution in [0.25, 0.3) is 0 Å². The SMILES string of the molecule is CC(=O)OCCCc1cc2c(o1)[C@@H]1N(C(=O)OC(C)(C)C)CC[C@@]13CN(S(=O)(=O)c1ccccc1)CC[C@@H]23. The Kier molecular flexibility index (Phi) is 6.84.